The van der Waals surface area contributed by atoms with Crippen LogP contribution in [0.2, 0.25) is 0 Å². The Bertz CT molecular complexity index is 1320. The van der Waals surface area contributed by atoms with E-state index in [1.54, 1.807) is 30.6 Å². The first-order valence-electron chi connectivity index (χ1n) is 9.06. The molecule has 148 valence electrons. The Labute approximate surface area is 170 Å². The number of amides is 1. The minimum atomic E-state index is -0.925. The van der Waals surface area contributed by atoms with Gasteiger partial charge in [0.05, 0.1) is 40.3 Å². The van der Waals surface area contributed by atoms with Crippen LogP contribution in [0.5, 0.6) is 0 Å². The second-order valence-corrected chi connectivity index (χ2v) is 6.39. The second-order valence-electron chi connectivity index (χ2n) is 6.39. The van der Waals surface area contributed by atoms with Crippen LogP contribution >= 0.6 is 0 Å². The molecule has 0 aliphatic rings. The first-order valence-corrected chi connectivity index (χ1v) is 9.06. The summed E-state index contributed by atoms with van der Waals surface area (Å²) in [7, 11) is 0. The van der Waals surface area contributed by atoms with Crippen molar-refractivity contribution >= 4 is 39.6 Å². The van der Waals surface area contributed by atoms with Crippen LogP contribution in [-0.2, 0) is 0 Å². The molecule has 1 amide bonds. The molecule has 5 aromatic rings. The third-order valence-corrected chi connectivity index (χ3v) is 4.38. The molecule has 0 atom stereocenters. The van der Waals surface area contributed by atoms with E-state index in [9.17, 15) is 9.59 Å². The summed E-state index contributed by atoms with van der Waals surface area (Å²) >= 11 is 0. The average Bonchev–Trinajstić information content (AvgIpc) is 3.43. The molecular weight excluding hydrogens is 382 g/mol. The van der Waals surface area contributed by atoms with Gasteiger partial charge in [-0.25, -0.2) is 14.8 Å². The van der Waals surface area contributed by atoms with Crippen LogP contribution in [0.25, 0.3) is 22.1 Å². The third kappa shape index (κ3) is 4.17. The highest BCUT2D eigenvalue weighted by atomic mass is 16.4. The lowest BCUT2D eigenvalue weighted by Crippen LogP contribution is -2.11. The summed E-state index contributed by atoms with van der Waals surface area (Å²) in [4.78, 5) is 36.5. The predicted molar refractivity (Wildman–Crippen MR) is 114 cm³/mol. The Balaban J connectivity index is 0.000000158. The van der Waals surface area contributed by atoms with E-state index in [0.29, 0.717) is 5.56 Å². The maximum Gasteiger partial charge on any atom is 0.335 e. The van der Waals surface area contributed by atoms with Gasteiger partial charge in [-0.05, 0) is 48.5 Å². The monoisotopic (exact) mass is 399 g/mol. The number of imidazole rings is 2. The number of carbonyl (C=O) groups excluding carboxylic acids is 1. The molecule has 0 aliphatic carbocycles. The molecule has 0 saturated heterocycles. The van der Waals surface area contributed by atoms with Gasteiger partial charge in [0.15, 0.2) is 0 Å². The minimum absolute atomic E-state index is 0.127. The maximum atomic E-state index is 12.0. The lowest BCUT2D eigenvalue weighted by Gasteiger charge is -2.04. The average molecular weight is 399 g/mol. The lowest BCUT2D eigenvalue weighted by atomic mass is 10.2. The molecule has 8 nitrogen and oxygen atoms in total. The van der Waals surface area contributed by atoms with E-state index in [4.69, 9.17) is 5.11 Å². The van der Waals surface area contributed by atoms with Crippen molar-refractivity contribution in [3.8, 4) is 0 Å². The number of aromatic carboxylic acids is 1. The summed E-state index contributed by atoms with van der Waals surface area (Å²) in [6, 6.07) is 19.5. The Kier molecular flexibility index (Phi) is 5.21. The fraction of sp³-hybridized carbons (Fsp3) is 0. The van der Waals surface area contributed by atoms with E-state index in [0.717, 1.165) is 27.8 Å². The van der Waals surface area contributed by atoms with Crippen LogP contribution in [0.3, 0.4) is 0 Å². The fourth-order valence-corrected chi connectivity index (χ4v) is 2.87. The molecule has 0 saturated carbocycles. The summed E-state index contributed by atoms with van der Waals surface area (Å²) in [6.07, 6.45) is 3.15. The number of carboxylic acid groups (broad SMARTS) is 1. The van der Waals surface area contributed by atoms with Crippen molar-refractivity contribution in [2.45, 2.75) is 0 Å². The number of hydrogen-bond acceptors (Lipinski definition) is 4. The second kappa shape index (κ2) is 8.27. The highest BCUT2D eigenvalue weighted by Gasteiger charge is 2.07. The zero-order chi connectivity index (χ0) is 20.9. The fourth-order valence-electron chi connectivity index (χ4n) is 2.87. The van der Waals surface area contributed by atoms with Crippen molar-refractivity contribution in [3.05, 3.63) is 90.5 Å². The smallest absolute Gasteiger partial charge is 0.335 e. The van der Waals surface area contributed by atoms with Gasteiger partial charge >= 0.3 is 5.97 Å². The molecule has 3 aromatic carbocycles. The van der Waals surface area contributed by atoms with Crippen LogP contribution in [0.4, 0.5) is 5.69 Å². The molecule has 0 unspecified atom stereocenters. The molecule has 30 heavy (non-hydrogen) atoms. The van der Waals surface area contributed by atoms with Crippen LogP contribution in [-0.4, -0.2) is 36.9 Å². The molecule has 0 radical (unpaired) electrons. The number of H-pyrrole nitrogens is 2. The Morgan fingerprint density at radius 2 is 1.33 bits per heavy atom. The number of para-hydroxylation sites is 1. The van der Waals surface area contributed by atoms with Crippen LogP contribution in [0, 0.1) is 0 Å². The number of carboxylic acids is 1. The highest BCUT2D eigenvalue weighted by Crippen LogP contribution is 2.14. The van der Waals surface area contributed by atoms with Crippen LogP contribution < -0.4 is 5.32 Å². The summed E-state index contributed by atoms with van der Waals surface area (Å²) in [5.41, 5.74) is 4.89. The molecule has 2 heterocycles. The number of carbonyl (C=O) groups is 2. The van der Waals surface area contributed by atoms with Crippen molar-refractivity contribution in [1.82, 2.24) is 19.9 Å². The van der Waals surface area contributed by atoms with E-state index < -0.39 is 5.97 Å². The molecular formula is C22H17N5O3. The van der Waals surface area contributed by atoms with Gasteiger partial charge in [-0.1, -0.05) is 18.2 Å². The number of aromatic amines is 2. The van der Waals surface area contributed by atoms with Gasteiger partial charge in [-0.3, -0.25) is 4.79 Å². The summed E-state index contributed by atoms with van der Waals surface area (Å²) in [5, 5.41) is 11.5. The van der Waals surface area contributed by atoms with Crippen molar-refractivity contribution in [2.24, 2.45) is 0 Å². The van der Waals surface area contributed by atoms with E-state index in [1.165, 1.54) is 12.4 Å². The summed E-state index contributed by atoms with van der Waals surface area (Å²) in [5.74, 6) is -1.05. The first kappa shape index (κ1) is 18.9. The van der Waals surface area contributed by atoms with Crippen molar-refractivity contribution in [3.63, 3.8) is 0 Å². The molecule has 8 heteroatoms. The van der Waals surface area contributed by atoms with Gasteiger partial charge in [0, 0.05) is 11.3 Å². The Hall–Kier alpha value is -4.46. The largest absolute Gasteiger partial charge is 0.478 e. The number of benzene rings is 3. The van der Waals surface area contributed by atoms with Crippen molar-refractivity contribution in [2.75, 3.05) is 5.32 Å². The van der Waals surface area contributed by atoms with E-state index in [1.807, 2.05) is 36.4 Å². The predicted octanol–water partition coefficient (Wildman–Crippen LogP) is 4.08. The van der Waals surface area contributed by atoms with Gasteiger partial charge in [-0.2, -0.15) is 0 Å². The van der Waals surface area contributed by atoms with Crippen molar-refractivity contribution in [1.29, 1.82) is 0 Å². The van der Waals surface area contributed by atoms with Gasteiger partial charge in [0.2, 0.25) is 0 Å². The number of aromatic nitrogens is 4. The number of nitrogens with one attached hydrogen (secondary N) is 3. The number of anilines is 1. The zero-order valence-corrected chi connectivity index (χ0v) is 15.7. The molecule has 0 fully saturated rings. The van der Waals surface area contributed by atoms with E-state index in [2.05, 4.69) is 25.3 Å². The Morgan fingerprint density at radius 3 is 1.93 bits per heavy atom. The molecule has 2 aromatic heterocycles. The van der Waals surface area contributed by atoms with Gasteiger partial charge < -0.3 is 20.4 Å². The summed E-state index contributed by atoms with van der Waals surface area (Å²) in [6.45, 7) is 0. The highest BCUT2D eigenvalue weighted by molar-refractivity contribution is 6.05. The molecule has 0 aliphatic heterocycles. The summed E-state index contributed by atoms with van der Waals surface area (Å²) < 4.78 is 0. The maximum absolute atomic E-state index is 12.0. The normalized spacial score (nSPS) is 10.4. The number of nitrogens with zero attached hydrogens (tertiary/aromatic N) is 2. The first-order chi connectivity index (χ1) is 14.6. The van der Waals surface area contributed by atoms with Gasteiger partial charge in [0.25, 0.3) is 5.91 Å². The molecule has 0 bridgehead atoms. The topological polar surface area (TPSA) is 124 Å². The molecule has 4 N–H and O–H groups in total. The molecule has 5 rings (SSSR count). The number of hydrogen-bond donors (Lipinski definition) is 4. The molecule has 0 spiro atoms. The van der Waals surface area contributed by atoms with Crippen LogP contribution in [0.15, 0.2) is 79.4 Å². The third-order valence-electron chi connectivity index (χ3n) is 4.38. The Morgan fingerprint density at radius 1 is 0.767 bits per heavy atom. The SMILES string of the molecule is O=C(Nc1ccccc1)c1ccc2nc[nH]c2c1.O=C(O)c1ccc2nc[nH]c2c1. The van der Waals surface area contributed by atoms with Gasteiger partial charge in [-0.15, -0.1) is 0 Å². The minimum Gasteiger partial charge on any atom is -0.478 e. The number of rotatable bonds is 3. The number of fused-ring (bicyclic) bond motifs is 2. The van der Waals surface area contributed by atoms with Crippen LogP contribution in [0.1, 0.15) is 20.7 Å². The quantitative estimate of drug-likeness (QED) is 0.364. The lowest BCUT2D eigenvalue weighted by molar-refractivity contribution is 0.0697. The van der Waals surface area contributed by atoms with E-state index in [-0.39, 0.29) is 11.5 Å². The zero-order valence-electron chi connectivity index (χ0n) is 15.7. The standard InChI is InChI=1S/C14H11N3O.C8H6N2O2/c18-14(17-11-4-2-1-3-5-11)10-6-7-12-13(8-10)16-9-15-12;11-8(12)5-1-2-6-7(3-5)10-4-9-6/h1-9H,(H,15,16)(H,17,18);1-4H,(H,9,10)(H,11,12). The van der Waals surface area contributed by atoms with Crippen molar-refractivity contribution < 1.29 is 14.7 Å². The van der Waals surface area contributed by atoms with E-state index >= 15 is 0 Å². The van der Waals surface area contributed by atoms with Gasteiger partial charge in [0.1, 0.15) is 0 Å².